The highest BCUT2D eigenvalue weighted by atomic mass is 35.5. The lowest BCUT2D eigenvalue weighted by Crippen LogP contribution is -2.23. The van der Waals surface area contributed by atoms with E-state index >= 15 is 0 Å². The minimum absolute atomic E-state index is 0.0413. The predicted octanol–water partition coefficient (Wildman–Crippen LogP) is 4.79. The number of hydrogen-bond acceptors (Lipinski definition) is 4. The second kappa shape index (κ2) is 8.89. The van der Waals surface area contributed by atoms with Gasteiger partial charge in [-0.25, -0.2) is 4.98 Å². The van der Waals surface area contributed by atoms with Gasteiger partial charge in [-0.2, -0.15) is 5.26 Å². The van der Waals surface area contributed by atoms with Crippen molar-refractivity contribution in [1.82, 2.24) is 10.3 Å². The number of aryl methyl sites for hydroxylation is 1. The van der Waals surface area contributed by atoms with Crippen molar-refractivity contribution in [3.05, 3.63) is 63.8 Å². The van der Waals surface area contributed by atoms with Crippen molar-refractivity contribution in [2.45, 2.75) is 50.5 Å². The monoisotopic (exact) mass is 421 g/mol. The van der Waals surface area contributed by atoms with E-state index in [0.717, 1.165) is 34.4 Å². The first-order valence-electron chi connectivity index (χ1n) is 10.3. The minimum Gasteiger partial charge on any atom is -0.481 e. The van der Waals surface area contributed by atoms with Crippen molar-refractivity contribution in [3.8, 4) is 11.9 Å². The summed E-state index contributed by atoms with van der Waals surface area (Å²) in [4.78, 5) is 16.5. The molecular weight excluding hydrogens is 398 g/mol. The van der Waals surface area contributed by atoms with Gasteiger partial charge in [0.15, 0.2) is 0 Å². The van der Waals surface area contributed by atoms with Crippen molar-refractivity contribution in [2.24, 2.45) is 0 Å². The van der Waals surface area contributed by atoms with Gasteiger partial charge < -0.3 is 10.1 Å². The van der Waals surface area contributed by atoms with Gasteiger partial charge in [0, 0.05) is 35.0 Å². The molecule has 1 aromatic carbocycles. The number of nitrogens with one attached hydrogen (secondary N) is 1. The van der Waals surface area contributed by atoms with Gasteiger partial charge in [-0.15, -0.1) is 0 Å². The topological polar surface area (TPSA) is 75.0 Å². The summed E-state index contributed by atoms with van der Waals surface area (Å²) < 4.78 is 5.58. The van der Waals surface area contributed by atoms with Gasteiger partial charge in [0.1, 0.15) is 0 Å². The number of halogens is 1. The Balaban J connectivity index is 1.74. The Labute approximate surface area is 181 Å². The Morgan fingerprint density at radius 2 is 2.17 bits per heavy atom. The number of aromatic nitrogens is 1. The number of benzene rings is 1. The summed E-state index contributed by atoms with van der Waals surface area (Å²) in [5, 5.41) is 12.5. The van der Waals surface area contributed by atoms with E-state index in [9.17, 15) is 4.79 Å². The van der Waals surface area contributed by atoms with Crippen LogP contribution in [0.2, 0.25) is 5.02 Å². The van der Waals surface area contributed by atoms with E-state index in [0.29, 0.717) is 36.1 Å². The van der Waals surface area contributed by atoms with Crippen molar-refractivity contribution < 1.29 is 9.53 Å². The number of nitrogens with zero attached hydrogens (tertiary/aromatic N) is 2. The minimum atomic E-state index is -0.0413. The van der Waals surface area contributed by atoms with E-state index < -0.39 is 0 Å². The van der Waals surface area contributed by atoms with Crippen molar-refractivity contribution in [2.75, 3.05) is 7.11 Å². The van der Waals surface area contributed by atoms with Crippen LogP contribution in [0.5, 0.6) is 5.88 Å². The average molecular weight is 422 g/mol. The summed E-state index contributed by atoms with van der Waals surface area (Å²) in [6.45, 7) is 0. The smallest absolute Gasteiger partial charge is 0.220 e. The van der Waals surface area contributed by atoms with E-state index in [1.54, 1.807) is 7.11 Å². The van der Waals surface area contributed by atoms with Gasteiger partial charge in [-0.1, -0.05) is 35.9 Å². The maximum atomic E-state index is 11.7. The van der Waals surface area contributed by atoms with E-state index in [1.807, 2.05) is 24.3 Å². The molecule has 0 unspecified atom stereocenters. The molecule has 1 atom stereocenters. The molecule has 0 bridgehead atoms. The fourth-order valence-corrected chi connectivity index (χ4v) is 4.15. The van der Waals surface area contributed by atoms with Crippen LogP contribution in [0.25, 0.3) is 5.57 Å². The highest BCUT2D eigenvalue weighted by Gasteiger charge is 2.28. The SMILES string of the molecule is COc1nc(/C(=C/[C@H]2CCC(=O)N2)c2ccc(CCC#N)c(Cl)c2)ccc1C1CC1. The van der Waals surface area contributed by atoms with Crippen LogP contribution in [0.15, 0.2) is 36.4 Å². The van der Waals surface area contributed by atoms with E-state index in [4.69, 9.17) is 26.6 Å². The predicted molar refractivity (Wildman–Crippen MR) is 116 cm³/mol. The second-order valence-corrected chi connectivity index (χ2v) is 8.23. The third-order valence-electron chi connectivity index (χ3n) is 5.64. The molecule has 1 aliphatic heterocycles. The Hall–Kier alpha value is -2.84. The molecule has 30 heavy (non-hydrogen) atoms. The Morgan fingerprint density at radius 3 is 2.80 bits per heavy atom. The molecule has 6 heteroatoms. The highest BCUT2D eigenvalue weighted by Crippen LogP contribution is 2.44. The number of amides is 1. The number of nitriles is 1. The lowest BCUT2D eigenvalue weighted by molar-refractivity contribution is -0.119. The summed E-state index contributed by atoms with van der Waals surface area (Å²) in [6.07, 6.45) is 6.74. The van der Waals surface area contributed by atoms with Crippen LogP contribution >= 0.6 is 11.6 Å². The number of hydrogen-bond donors (Lipinski definition) is 1. The molecule has 5 nitrogen and oxygen atoms in total. The first-order chi connectivity index (χ1) is 14.6. The Bertz CT molecular complexity index is 1040. The molecule has 0 radical (unpaired) electrons. The fourth-order valence-electron chi connectivity index (χ4n) is 3.87. The van der Waals surface area contributed by atoms with Gasteiger partial charge in [0.25, 0.3) is 0 Å². The first-order valence-corrected chi connectivity index (χ1v) is 10.7. The summed E-state index contributed by atoms with van der Waals surface area (Å²) in [6, 6.07) is 12.1. The molecule has 4 rings (SSSR count). The van der Waals surface area contributed by atoms with Crippen LogP contribution in [0, 0.1) is 11.3 Å². The first kappa shape index (κ1) is 20.4. The number of rotatable bonds is 7. The lowest BCUT2D eigenvalue weighted by Gasteiger charge is -2.15. The molecule has 1 saturated carbocycles. The van der Waals surface area contributed by atoms with Crippen molar-refractivity contribution in [1.29, 1.82) is 5.26 Å². The van der Waals surface area contributed by atoms with Gasteiger partial charge in [0.2, 0.25) is 11.8 Å². The summed E-state index contributed by atoms with van der Waals surface area (Å²) in [5.74, 6) is 1.26. The molecule has 1 aliphatic carbocycles. The maximum Gasteiger partial charge on any atom is 0.220 e. The van der Waals surface area contributed by atoms with Crippen LogP contribution in [0.1, 0.15) is 60.4 Å². The van der Waals surface area contributed by atoms with Crippen LogP contribution < -0.4 is 10.1 Å². The van der Waals surface area contributed by atoms with Crippen LogP contribution in [-0.2, 0) is 11.2 Å². The molecule has 2 fully saturated rings. The summed E-state index contributed by atoms with van der Waals surface area (Å²) in [7, 11) is 1.65. The molecule has 0 spiro atoms. The van der Waals surface area contributed by atoms with E-state index in [2.05, 4.69) is 23.5 Å². The zero-order valence-electron chi connectivity index (χ0n) is 17.0. The van der Waals surface area contributed by atoms with Crippen LogP contribution in [-0.4, -0.2) is 24.0 Å². The molecule has 154 valence electrons. The zero-order chi connectivity index (χ0) is 21.1. The third-order valence-corrected chi connectivity index (χ3v) is 5.99. The molecule has 2 heterocycles. The normalized spacial score (nSPS) is 18.8. The van der Waals surface area contributed by atoms with Crippen molar-refractivity contribution >= 4 is 23.1 Å². The van der Waals surface area contributed by atoms with E-state index in [-0.39, 0.29) is 11.9 Å². The molecule has 1 amide bonds. The van der Waals surface area contributed by atoms with Gasteiger partial charge in [-0.3, -0.25) is 4.79 Å². The molecule has 2 aliphatic rings. The maximum absolute atomic E-state index is 11.7. The zero-order valence-corrected chi connectivity index (χ0v) is 17.7. The van der Waals surface area contributed by atoms with E-state index in [1.165, 1.54) is 12.8 Å². The quantitative estimate of drug-likeness (QED) is 0.697. The highest BCUT2D eigenvalue weighted by molar-refractivity contribution is 6.31. The number of carbonyl (C=O) groups is 1. The van der Waals surface area contributed by atoms with Gasteiger partial charge >= 0.3 is 0 Å². The molecular formula is C24H24ClN3O2. The molecule has 2 aromatic rings. The fraction of sp³-hybridized carbons (Fsp3) is 0.375. The van der Waals surface area contributed by atoms with Crippen LogP contribution in [0.4, 0.5) is 0 Å². The lowest BCUT2D eigenvalue weighted by atomic mass is 9.96. The number of carbonyl (C=O) groups excluding carboxylic acids is 1. The molecule has 1 saturated heterocycles. The molecule has 1 N–H and O–H groups in total. The number of pyridine rings is 1. The standard InChI is InChI=1S/C24H24ClN3O2/c1-30-24-19(15-4-5-15)9-10-22(28-24)20(14-18-8-11-23(29)27-18)17-7-6-16(3-2-12-26)21(25)13-17/h6-7,9-10,13-15,18H,2-5,8,11H2,1H3,(H,27,29)/b20-14+/t18-/m1/s1. The largest absolute Gasteiger partial charge is 0.481 e. The average Bonchev–Trinajstić information content (AvgIpc) is 3.52. The summed E-state index contributed by atoms with van der Waals surface area (Å²) >= 11 is 6.52. The number of ether oxygens (including phenoxy) is 1. The van der Waals surface area contributed by atoms with Gasteiger partial charge in [0.05, 0.1) is 18.9 Å². The molecule has 1 aromatic heterocycles. The van der Waals surface area contributed by atoms with Gasteiger partial charge in [-0.05, 0) is 54.9 Å². The van der Waals surface area contributed by atoms with Crippen LogP contribution in [0.3, 0.4) is 0 Å². The van der Waals surface area contributed by atoms with Crippen molar-refractivity contribution in [3.63, 3.8) is 0 Å². The summed E-state index contributed by atoms with van der Waals surface area (Å²) in [5.41, 5.74) is 4.73. The number of methoxy groups -OCH3 is 1. The Kier molecular flexibility index (Phi) is 6.06. The third kappa shape index (κ3) is 4.49. The Morgan fingerprint density at radius 1 is 1.33 bits per heavy atom. The second-order valence-electron chi connectivity index (χ2n) is 7.83.